The van der Waals surface area contributed by atoms with Gasteiger partial charge >= 0.3 is 0 Å². The summed E-state index contributed by atoms with van der Waals surface area (Å²) < 4.78 is 6.06. The maximum atomic E-state index is 11.9. The number of carbonyl (C=O) groups is 2. The molecule has 0 fully saturated rings. The van der Waals surface area contributed by atoms with Crippen molar-refractivity contribution < 1.29 is 14.3 Å². The number of carbonyl (C=O) groups excluding carboxylic acids is 2. The monoisotopic (exact) mass is 341 g/mol. The molecule has 0 aliphatic carbocycles. The third-order valence-electron chi connectivity index (χ3n) is 4.08. The van der Waals surface area contributed by atoms with Crippen molar-refractivity contribution in [2.24, 2.45) is 0 Å². The maximum Gasteiger partial charge on any atom is 0.258 e. The molecule has 3 aromatic rings. The third kappa shape index (κ3) is 3.00. The molecular weight excluding hydrogens is 326 g/mol. The van der Waals surface area contributed by atoms with Crippen LogP contribution in [0.4, 0.5) is 5.69 Å². The highest BCUT2D eigenvalue weighted by Crippen LogP contribution is 2.34. The Morgan fingerprint density at radius 2 is 1.38 bits per heavy atom. The second-order valence-corrected chi connectivity index (χ2v) is 5.81. The van der Waals surface area contributed by atoms with Crippen LogP contribution in [0, 0.1) is 0 Å². The van der Waals surface area contributed by atoms with E-state index in [1.54, 1.807) is 24.3 Å². The minimum atomic E-state index is -0.350. The smallest absolute Gasteiger partial charge is 0.258 e. The Labute approximate surface area is 151 Å². The van der Waals surface area contributed by atoms with E-state index in [4.69, 9.17) is 4.74 Å². The molecule has 126 valence electrons. The summed E-state index contributed by atoms with van der Waals surface area (Å²) in [5.74, 6) is 0.556. The van der Waals surface area contributed by atoms with Crippen LogP contribution in [0.15, 0.2) is 91.0 Å². The summed E-state index contributed by atoms with van der Waals surface area (Å²) in [7, 11) is 0. The SMILES string of the molecule is O=C1C=CC(=O)N1c1cccc(Oc2ccccc2-c2ccccc2)c1. The molecule has 1 aliphatic heterocycles. The minimum Gasteiger partial charge on any atom is -0.457 e. The van der Waals surface area contributed by atoms with Crippen LogP contribution in [0.2, 0.25) is 0 Å². The van der Waals surface area contributed by atoms with Gasteiger partial charge < -0.3 is 4.74 Å². The van der Waals surface area contributed by atoms with Gasteiger partial charge in [-0.05, 0) is 23.8 Å². The number of benzene rings is 3. The van der Waals surface area contributed by atoms with Crippen molar-refractivity contribution >= 4 is 17.5 Å². The van der Waals surface area contributed by atoms with Crippen molar-refractivity contribution in [2.75, 3.05) is 4.90 Å². The van der Waals surface area contributed by atoms with Crippen molar-refractivity contribution in [3.63, 3.8) is 0 Å². The summed E-state index contributed by atoms with van der Waals surface area (Å²) in [6.45, 7) is 0. The van der Waals surface area contributed by atoms with E-state index in [0.717, 1.165) is 16.0 Å². The summed E-state index contributed by atoms with van der Waals surface area (Å²) in [5, 5.41) is 0. The Morgan fingerprint density at radius 3 is 2.15 bits per heavy atom. The summed E-state index contributed by atoms with van der Waals surface area (Å²) >= 11 is 0. The van der Waals surface area contributed by atoms with Crippen LogP contribution in [0.25, 0.3) is 11.1 Å². The average Bonchev–Trinajstić information content (AvgIpc) is 3.01. The molecule has 0 radical (unpaired) electrons. The highest BCUT2D eigenvalue weighted by Gasteiger charge is 2.25. The van der Waals surface area contributed by atoms with E-state index in [2.05, 4.69) is 0 Å². The van der Waals surface area contributed by atoms with Crippen molar-refractivity contribution in [1.29, 1.82) is 0 Å². The fourth-order valence-corrected chi connectivity index (χ4v) is 2.88. The van der Waals surface area contributed by atoms with E-state index >= 15 is 0 Å². The zero-order valence-corrected chi connectivity index (χ0v) is 13.8. The molecule has 0 unspecified atom stereocenters. The van der Waals surface area contributed by atoms with Crippen LogP contribution < -0.4 is 9.64 Å². The largest absolute Gasteiger partial charge is 0.457 e. The number of ether oxygens (including phenoxy) is 1. The predicted molar refractivity (Wildman–Crippen MR) is 100 cm³/mol. The number of anilines is 1. The van der Waals surface area contributed by atoms with Gasteiger partial charge in [0.1, 0.15) is 11.5 Å². The summed E-state index contributed by atoms with van der Waals surface area (Å²) in [6.07, 6.45) is 2.53. The Kier molecular flexibility index (Phi) is 4.07. The first-order valence-electron chi connectivity index (χ1n) is 8.21. The number of hydrogen-bond acceptors (Lipinski definition) is 3. The predicted octanol–water partition coefficient (Wildman–Crippen LogP) is 4.58. The lowest BCUT2D eigenvalue weighted by atomic mass is 10.0. The van der Waals surface area contributed by atoms with Gasteiger partial charge in [0.2, 0.25) is 0 Å². The van der Waals surface area contributed by atoms with E-state index in [1.807, 2.05) is 54.6 Å². The van der Waals surface area contributed by atoms with Crippen LogP contribution in [-0.4, -0.2) is 11.8 Å². The molecule has 0 atom stereocenters. The number of rotatable bonds is 4. The van der Waals surface area contributed by atoms with Gasteiger partial charge in [0.25, 0.3) is 11.8 Å². The first-order chi connectivity index (χ1) is 12.7. The highest BCUT2D eigenvalue weighted by atomic mass is 16.5. The van der Waals surface area contributed by atoms with Gasteiger partial charge in [0.05, 0.1) is 5.69 Å². The van der Waals surface area contributed by atoms with Gasteiger partial charge in [-0.3, -0.25) is 9.59 Å². The molecule has 0 saturated heterocycles. The molecule has 4 heteroatoms. The van der Waals surface area contributed by atoms with Crippen molar-refractivity contribution in [1.82, 2.24) is 0 Å². The molecule has 0 aromatic heterocycles. The second kappa shape index (κ2) is 6.69. The van der Waals surface area contributed by atoms with Gasteiger partial charge in [-0.1, -0.05) is 54.6 Å². The van der Waals surface area contributed by atoms with E-state index in [1.165, 1.54) is 12.2 Å². The third-order valence-corrected chi connectivity index (χ3v) is 4.08. The second-order valence-electron chi connectivity index (χ2n) is 5.81. The quantitative estimate of drug-likeness (QED) is 0.653. The molecule has 4 rings (SSSR count). The number of imide groups is 1. The van der Waals surface area contributed by atoms with Crippen LogP contribution >= 0.6 is 0 Å². The zero-order valence-electron chi connectivity index (χ0n) is 13.8. The fourth-order valence-electron chi connectivity index (χ4n) is 2.88. The van der Waals surface area contributed by atoms with Gasteiger partial charge in [-0.25, -0.2) is 4.90 Å². The lowest BCUT2D eigenvalue weighted by Crippen LogP contribution is -2.29. The van der Waals surface area contributed by atoms with Gasteiger partial charge in [0, 0.05) is 23.8 Å². The molecule has 0 spiro atoms. The molecule has 2 amide bonds. The molecule has 0 N–H and O–H groups in total. The highest BCUT2D eigenvalue weighted by molar-refractivity contribution is 6.28. The number of para-hydroxylation sites is 1. The fraction of sp³-hybridized carbons (Fsp3) is 0. The summed E-state index contributed by atoms with van der Waals surface area (Å²) in [5.41, 5.74) is 2.50. The normalized spacial score (nSPS) is 13.3. The van der Waals surface area contributed by atoms with Crippen molar-refractivity contribution in [3.05, 3.63) is 91.0 Å². The molecule has 0 saturated carbocycles. The average molecular weight is 341 g/mol. The van der Waals surface area contributed by atoms with Crippen molar-refractivity contribution in [3.8, 4) is 22.6 Å². The van der Waals surface area contributed by atoms with Gasteiger partial charge in [0.15, 0.2) is 0 Å². The summed E-state index contributed by atoms with van der Waals surface area (Å²) in [4.78, 5) is 24.9. The van der Waals surface area contributed by atoms with E-state index in [0.29, 0.717) is 17.2 Å². The minimum absolute atomic E-state index is 0.350. The summed E-state index contributed by atoms with van der Waals surface area (Å²) in [6, 6.07) is 24.7. The standard InChI is InChI=1S/C22H15NO3/c24-21-13-14-22(25)23(21)17-9-6-10-18(15-17)26-20-12-5-4-11-19(20)16-7-2-1-3-8-16/h1-15H. The molecule has 1 heterocycles. The zero-order chi connectivity index (χ0) is 17.9. The van der Waals surface area contributed by atoms with E-state index in [-0.39, 0.29) is 11.8 Å². The van der Waals surface area contributed by atoms with E-state index < -0.39 is 0 Å². The molecule has 1 aliphatic rings. The number of hydrogen-bond donors (Lipinski definition) is 0. The lowest BCUT2D eigenvalue weighted by molar-refractivity contribution is -0.119. The van der Waals surface area contributed by atoms with Crippen LogP contribution in [0.5, 0.6) is 11.5 Å². The Bertz CT molecular complexity index is 991. The van der Waals surface area contributed by atoms with Crippen LogP contribution in [-0.2, 0) is 9.59 Å². The number of nitrogens with zero attached hydrogens (tertiary/aromatic N) is 1. The first kappa shape index (κ1) is 15.8. The molecule has 3 aromatic carbocycles. The van der Waals surface area contributed by atoms with Crippen molar-refractivity contribution in [2.45, 2.75) is 0 Å². The molecule has 0 bridgehead atoms. The topological polar surface area (TPSA) is 46.6 Å². The van der Waals surface area contributed by atoms with Gasteiger partial charge in [-0.15, -0.1) is 0 Å². The van der Waals surface area contributed by atoms with Gasteiger partial charge in [-0.2, -0.15) is 0 Å². The maximum absolute atomic E-state index is 11.9. The molecule has 26 heavy (non-hydrogen) atoms. The van der Waals surface area contributed by atoms with Crippen LogP contribution in [0.3, 0.4) is 0 Å². The van der Waals surface area contributed by atoms with E-state index in [9.17, 15) is 9.59 Å². The Balaban J connectivity index is 1.66. The molecule has 4 nitrogen and oxygen atoms in total. The van der Waals surface area contributed by atoms with Crippen LogP contribution in [0.1, 0.15) is 0 Å². The lowest BCUT2D eigenvalue weighted by Gasteiger charge is -2.16. The number of amides is 2. The molecular formula is C22H15NO3. The Hall–Kier alpha value is -3.66. The first-order valence-corrected chi connectivity index (χ1v) is 8.21. The Morgan fingerprint density at radius 1 is 0.692 bits per heavy atom.